The van der Waals surface area contributed by atoms with Gasteiger partial charge in [-0.1, -0.05) is 26.8 Å². The molecule has 5 nitrogen and oxygen atoms in total. The Bertz CT molecular complexity index is 670. The second kappa shape index (κ2) is 5.80. The van der Waals surface area contributed by atoms with Gasteiger partial charge in [0.2, 0.25) is 0 Å². The minimum absolute atomic E-state index is 0.0681. The lowest BCUT2D eigenvalue weighted by Gasteiger charge is -2.39. The number of nitrogens with one attached hydrogen (secondary N) is 1. The number of anilines is 1. The first-order valence-corrected chi connectivity index (χ1v) is 8.52. The van der Waals surface area contributed by atoms with Crippen LogP contribution in [0.4, 0.5) is 10.5 Å². The average molecular weight is 330 g/mol. The highest BCUT2D eigenvalue weighted by atomic mass is 16.5. The zero-order valence-electron chi connectivity index (χ0n) is 14.9. The summed E-state index contributed by atoms with van der Waals surface area (Å²) in [6, 6.07) is 7.17. The highest BCUT2D eigenvalue weighted by Gasteiger charge is 2.50. The van der Waals surface area contributed by atoms with E-state index in [1.807, 2.05) is 4.90 Å². The van der Waals surface area contributed by atoms with E-state index in [4.69, 9.17) is 4.74 Å². The number of hydrogen-bond donors (Lipinski definition) is 1. The van der Waals surface area contributed by atoms with E-state index in [1.165, 1.54) is 6.92 Å². The van der Waals surface area contributed by atoms with Gasteiger partial charge in [0, 0.05) is 31.3 Å². The van der Waals surface area contributed by atoms with Crippen molar-refractivity contribution in [2.75, 3.05) is 11.9 Å². The minimum Gasteiger partial charge on any atom is -0.427 e. The zero-order valence-corrected chi connectivity index (χ0v) is 14.9. The van der Waals surface area contributed by atoms with E-state index in [0.29, 0.717) is 17.5 Å². The standard InChI is InChI=1S/C19H26N2O3/c1-13(22)24-16-7-5-6-14(8-16)20-17(23)21-12-19(4)10-15(21)9-18(2,3)11-19/h5-8,15H,9-12H2,1-4H3,(H,20,23). The van der Waals surface area contributed by atoms with Gasteiger partial charge in [0.25, 0.3) is 0 Å². The van der Waals surface area contributed by atoms with Crippen molar-refractivity contribution in [3.05, 3.63) is 24.3 Å². The number of amides is 2. The maximum Gasteiger partial charge on any atom is 0.322 e. The summed E-state index contributed by atoms with van der Waals surface area (Å²) < 4.78 is 5.07. The second-order valence-electron chi connectivity index (χ2n) is 8.39. The van der Waals surface area contributed by atoms with Crippen LogP contribution in [-0.2, 0) is 4.79 Å². The van der Waals surface area contributed by atoms with Crippen molar-refractivity contribution >= 4 is 17.7 Å². The van der Waals surface area contributed by atoms with E-state index >= 15 is 0 Å². The molecule has 2 aliphatic rings. The van der Waals surface area contributed by atoms with Gasteiger partial charge in [-0.05, 0) is 42.2 Å². The number of nitrogens with zero attached hydrogens (tertiary/aromatic N) is 1. The largest absolute Gasteiger partial charge is 0.427 e. The summed E-state index contributed by atoms with van der Waals surface area (Å²) in [6.45, 7) is 9.03. The first-order valence-electron chi connectivity index (χ1n) is 8.52. The molecule has 2 atom stereocenters. The molecule has 1 aromatic rings. The van der Waals surface area contributed by atoms with Crippen LogP contribution in [0.15, 0.2) is 24.3 Å². The Hall–Kier alpha value is -2.04. The van der Waals surface area contributed by atoms with E-state index in [-0.39, 0.29) is 22.8 Å². The predicted octanol–water partition coefficient (Wildman–Crippen LogP) is 4.04. The van der Waals surface area contributed by atoms with Crippen LogP contribution >= 0.6 is 0 Å². The van der Waals surface area contributed by atoms with Crippen LogP contribution in [0.3, 0.4) is 0 Å². The molecule has 2 unspecified atom stereocenters. The number of urea groups is 1. The quantitative estimate of drug-likeness (QED) is 0.657. The number of benzene rings is 1. The van der Waals surface area contributed by atoms with Crippen LogP contribution in [0.2, 0.25) is 0 Å². The molecule has 0 aromatic heterocycles. The van der Waals surface area contributed by atoms with Gasteiger partial charge < -0.3 is 15.0 Å². The fraction of sp³-hybridized carbons (Fsp3) is 0.579. The maximum absolute atomic E-state index is 12.8. The van der Waals surface area contributed by atoms with Crippen LogP contribution in [-0.4, -0.2) is 29.5 Å². The van der Waals surface area contributed by atoms with Gasteiger partial charge in [-0.25, -0.2) is 4.79 Å². The first-order chi connectivity index (χ1) is 11.2. The smallest absolute Gasteiger partial charge is 0.322 e. The summed E-state index contributed by atoms with van der Waals surface area (Å²) in [6.07, 6.45) is 3.28. The van der Waals surface area contributed by atoms with Crippen molar-refractivity contribution in [1.29, 1.82) is 0 Å². The van der Waals surface area contributed by atoms with Crippen LogP contribution in [0.5, 0.6) is 5.75 Å². The number of hydrogen-bond acceptors (Lipinski definition) is 3. The highest BCUT2D eigenvalue weighted by Crippen LogP contribution is 2.52. The molecule has 130 valence electrons. The van der Waals surface area contributed by atoms with E-state index in [0.717, 1.165) is 25.8 Å². The third-order valence-electron chi connectivity index (χ3n) is 5.02. The Morgan fingerprint density at radius 3 is 2.71 bits per heavy atom. The molecule has 3 rings (SSSR count). The number of carbonyl (C=O) groups excluding carboxylic acids is 2. The molecule has 1 N–H and O–H groups in total. The van der Waals surface area contributed by atoms with Crippen molar-refractivity contribution in [1.82, 2.24) is 4.90 Å². The number of esters is 1. The Morgan fingerprint density at radius 1 is 1.25 bits per heavy atom. The molecule has 0 radical (unpaired) electrons. The van der Waals surface area contributed by atoms with Gasteiger partial charge in [0.05, 0.1) is 0 Å². The van der Waals surface area contributed by atoms with E-state index in [9.17, 15) is 9.59 Å². The van der Waals surface area contributed by atoms with Crippen LogP contribution in [0.1, 0.15) is 47.0 Å². The molecule has 1 saturated heterocycles. The van der Waals surface area contributed by atoms with E-state index in [2.05, 4.69) is 26.1 Å². The summed E-state index contributed by atoms with van der Waals surface area (Å²) in [4.78, 5) is 25.8. The van der Waals surface area contributed by atoms with Crippen molar-refractivity contribution in [2.45, 2.75) is 53.0 Å². The van der Waals surface area contributed by atoms with Gasteiger partial charge in [0.15, 0.2) is 0 Å². The summed E-state index contributed by atoms with van der Waals surface area (Å²) in [5.41, 5.74) is 1.13. The lowest BCUT2D eigenvalue weighted by Crippen LogP contribution is -2.40. The lowest BCUT2D eigenvalue weighted by molar-refractivity contribution is -0.131. The fourth-order valence-corrected chi connectivity index (χ4v) is 4.70. The van der Waals surface area contributed by atoms with Crippen molar-refractivity contribution in [2.24, 2.45) is 10.8 Å². The molecule has 1 saturated carbocycles. The van der Waals surface area contributed by atoms with E-state index < -0.39 is 0 Å². The molecule has 0 spiro atoms. The van der Waals surface area contributed by atoms with Crippen LogP contribution in [0.25, 0.3) is 0 Å². The number of likely N-dealkylation sites (tertiary alicyclic amines) is 1. The monoisotopic (exact) mass is 330 g/mol. The molecular formula is C19H26N2O3. The third-order valence-corrected chi connectivity index (χ3v) is 5.02. The van der Waals surface area contributed by atoms with Gasteiger partial charge in [-0.2, -0.15) is 0 Å². The molecule has 1 aromatic carbocycles. The Morgan fingerprint density at radius 2 is 2.00 bits per heavy atom. The normalized spacial score (nSPS) is 27.7. The SMILES string of the molecule is CC(=O)Oc1cccc(NC(=O)N2CC3(C)CC2CC(C)(C)C3)c1. The average Bonchev–Trinajstić information content (AvgIpc) is 2.67. The zero-order chi connectivity index (χ0) is 17.5. The Kier molecular flexibility index (Phi) is 4.06. The second-order valence-corrected chi connectivity index (χ2v) is 8.39. The molecule has 5 heteroatoms. The summed E-state index contributed by atoms with van der Waals surface area (Å²) in [7, 11) is 0. The minimum atomic E-state index is -0.373. The molecule has 1 heterocycles. The fourth-order valence-electron chi connectivity index (χ4n) is 4.70. The molecule has 1 aliphatic carbocycles. The predicted molar refractivity (Wildman–Crippen MR) is 93.0 cm³/mol. The molecule has 24 heavy (non-hydrogen) atoms. The van der Waals surface area contributed by atoms with Crippen LogP contribution in [0, 0.1) is 10.8 Å². The Balaban J connectivity index is 1.71. The molecule has 1 aliphatic heterocycles. The number of ether oxygens (including phenoxy) is 1. The molecular weight excluding hydrogens is 304 g/mol. The highest BCUT2D eigenvalue weighted by molar-refractivity contribution is 5.90. The number of fused-ring (bicyclic) bond motifs is 2. The first kappa shape index (κ1) is 16.8. The van der Waals surface area contributed by atoms with Gasteiger partial charge in [-0.15, -0.1) is 0 Å². The molecule has 2 amide bonds. The number of carbonyl (C=O) groups is 2. The van der Waals surface area contributed by atoms with E-state index in [1.54, 1.807) is 24.3 Å². The van der Waals surface area contributed by atoms with Crippen molar-refractivity contribution in [3.63, 3.8) is 0 Å². The lowest BCUT2D eigenvalue weighted by atomic mass is 9.65. The summed E-state index contributed by atoms with van der Waals surface area (Å²) in [5.74, 6) is 0.0653. The molecule has 2 fully saturated rings. The Labute approximate surface area is 143 Å². The maximum atomic E-state index is 12.8. The van der Waals surface area contributed by atoms with Crippen molar-refractivity contribution < 1.29 is 14.3 Å². The van der Waals surface area contributed by atoms with Crippen LogP contribution < -0.4 is 10.1 Å². The topological polar surface area (TPSA) is 58.6 Å². The summed E-state index contributed by atoms with van der Waals surface area (Å²) in [5, 5.41) is 2.95. The third kappa shape index (κ3) is 3.55. The number of rotatable bonds is 2. The summed E-state index contributed by atoms with van der Waals surface area (Å²) >= 11 is 0. The van der Waals surface area contributed by atoms with Gasteiger partial charge in [-0.3, -0.25) is 4.79 Å². The van der Waals surface area contributed by atoms with Gasteiger partial charge >= 0.3 is 12.0 Å². The van der Waals surface area contributed by atoms with Gasteiger partial charge in [0.1, 0.15) is 5.75 Å². The van der Waals surface area contributed by atoms with Crippen molar-refractivity contribution in [3.8, 4) is 5.75 Å². The molecule has 2 bridgehead atoms.